The molecule has 1 heterocycles. The van der Waals surface area contributed by atoms with Crippen molar-refractivity contribution in [2.45, 2.75) is 32.0 Å². The third kappa shape index (κ3) is 3.42. The maximum absolute atomic E-state index is 12.6. The van der Waals surface area contributed by atoms with Gasteiger partial charge in [-0.15, -0.1) is 0 Å². The van der Waals surface area contributed by atoms with Crippen molar-refractivity contribution < 1.29 is 18.0 Å². The van der Waals surface area contributed by atoms with Crippen molar-refractivity contribution in [2.24, 2.45) is 5.92 Å². The second-order valence-corrected chi connectivity index (χ2v) is 4.97. The zero-order valence-electron chi connectivity index (χ0n) is 10.5. The minimum absolute atomic E-state index is 0.0919. The van der Waals surface area contributed by atoms with Gasteiger partial charge >= 0.3 is 6.18 Å². The van der Waals surface area contributed by atoms with Crippen LogP contribution in [0.5, 0.6) is 0 Å². The fraction of sp³-hybridized carbons (Fsp3) is 0.583. The third-order valence-electron chi connectivity index (χ3n) is 3.34. The largest absolute Gasteiger partial charge is 0.406 e. The summed E-state index contributed by atoms with van der Waals surface area (Å²) in [5.74, 6) is -0.493. The van der Waals surface area contributed by atoms with E-state index in [1.807, 2.05) is 0 Å². The van der Waals surface area contributed by atoms with Crippen molar-refractivity contribution >= 4 is 11.6 Å². The number of carbonyl (C=O) groups is 1. The van der Waals surface area contributed by atoms with E-state index in [0.717, 1.165) is 17.7 Å². The van der Waals surface area contributed by atoms with E-state index in [0.29, 0.717) is 5.69 Å². The number of aromatic nitrogens is 1. The molecule has 0 bridgehead atoms. The minimum atomic E-state index is -4.41. The summed E-state index contributed by atoms with van der Waals surface area (Å²) in [5, 5.41) is 0. The first-order valence-corrected chi connectivity index (χ1v) is 6.09. The Hall–Kier alpha value is -1.66. The molecule has 4 nitrogen and oxygen atoms in total. The molecule has 2 rings (SSSR count). The zero-order valence-corrected chi connectivity index (χ0v) is 10.5. The van der Waals surface area contributed by atoms with E-state index in [4.69, 9.17) is 5.73 Å². The summed E-state index contributed by atoms with van der Waals surface area (Å²) in [7, 11) is 0. The molecule has 1 fully saturated rings. The molecule has 0 saturated heterocycles. The predicted molar refractivity (Wildman–Crippen MR) is 64.5 cm³/mol. The monoisotopic (exact) mass is 275 g/mol. The number of hydrogen-bond acceptors (Lipinski definition) is 2. The zero-order chi connectivity index (χ0) is 14.2. The lowest BCUT2D eigenvalue weighted by molar-refractivity contribution is -0.144. The van der Waals surface area contributed by atoms with Crippen molar-refractivity contribution in [3.63, 3.8) is 0 Å². The van der Waals surface area contributed by atoms with Crippen LogP contribution < -0.4 is 5.73 Å². The van der Waals surface area contributed by atoms with Crippen LogP contribution in [0.2, 0.25) is 0 Å². The molecule has 1 aromatic rings. The second kappa shape index (κ2) is 4.79. The van der Waals surface area contributed by atoms with Crippen LogP contribution in [0, 0.1) is 5.92 Å². The Balaban J connectivity index is 2.18. The van der Waals surface area contributed by atoms with Crippen LogP contribution in [0.3, 0.4) is 0 Å². The normalized spacial score (nSPS) is 17.3. The quantitative estimate of drug-likeness (QED) is 0.886. The lowest BCUT2D eigenvalue weighted by Gasteiger charge is -2.29. The minimum Gasteiger partial charge on any atom is -0.397 e. The number of carbonyl (C=O) groups excluding carboxylic acids is 1. The van der Waals surface area contributed by atoms with E-state index >= 15 is 0 Å². The van der Waals surface area contributed by atoms with Gasteiger partial charge in [0.1, 0.15) is 12.2 Å². The fourth-order valence-corrected chi connectivity index (χ4v) is 2.12. The molecular weight excluding hydrogens is 259 g/mol. The van der Waals surface area contributed by atoms with Crippen molar-refractivity contribution in [1.29, 1.82) is 0 Å². The van der Waals surface area contributed by atoms with E-state index in [1.165, 1.54) is 12.3 Å². The van der Waals surface area contributed by atoms with Crippen LogP contribution in [0.25, 0.3) is 0 Å². The van der Waals surface area contributed by atoms with Gasteiger partial charge in [0.15, 0.2) is 0 Å². The molecule has 0 aromatic carbocycles. The molecule has 1 saturated carbocycles. The van der Waals surface area contributed by atoms with Crippen molar-refractivity contribution in [2.75, 3.05) is 12.3 Å². The molecule has 1 unspecified atom stereocenters. The van der Waals surface area contributed by atoms with Gasteiger partial charge in [0.05, 0.1) is 0 Å². The van der Waals surface area contributed by atoms with Crippen LogP contribution in [-0.4, -0.2) is 34.6 Å². The Labute approximate surface area is 108 Å². The van der Waals surface area contributed by atoms with Gasteiger partial charge in [0.2, 0.25) is 0 Å². The summed E-state index contributed by atoms with van der Waals surface area (Å²) < 4.78 is 37.8. The predicted octanol–water partition coefficient (Wildman–Crippen LogP) is 2.40. The first kappa shape index (κ1) is 13.8. The Kier molecular flexibility index (Phi) is 3.47. The lowest BCUT2D eigenvalue weighted by Crippen LogP contribution is -2.45. The van der Waals surface area contributed by atoms with Crippen LogP contribution in [0.1, 0.15) is 30.3 Å². The Morgan fingerprint density at radius 1 is 1.58 bits per heavy atom. The van der Waals surface area contributed by atoms with E-state index in [2.05, 4.69) is 4.98 Å². The number of H-pyrrole nitrogens is 1. The SMILES string of the molecule is CC(C1CC1)N(CC(F)(F)F)C(=O)c1cc(N)c[nH]1. The van der Waals surface area contributed by atoms with Crippen LogP contribution in [0.15, 0.2) is 12.3 Å². The molecule has 1 amide bonds. The summed E-state index contributed by atoms with van der Waals surface area (Å²) in [6.45, 7) is 0.427. The van der Waals surface area contributed by atoms with Gasteiger partial charge in [-0.25, -0.2) is 0 Å². The molecule has 1 atom stereocenters. The highest BCUT2D eigenvalue weighted by atomic mass is 19.4. The Morgan fingerprint density at radius 2 is 2.21 bits per heavy atom. The Bertz CT molecular complexity index is 465. The number of hydrogen-bond donors (Lipinski definition) is 2. The number of alkyl halides is 3. The number of nitrogens with zero attached hydrogens (tertiary/aromatic N) is 1. The van der Waals surface area contributed by atoms with Gasteiger partial charge in [-0.2, -0.15) is 13.2 Å². The van der Waals surface area contributed by atoms with Gasteiger partial charge in [-0.3, -0.25) is 4.79 Å². The van der Waals surface area contributed by atoms with Gasteiger partial charge in [0.25, 0.3) is 5.91 Å². The summed E-state index contributed by atoms with van der Waals surface area (Å²) in [6.07, 6.45) is -1.27. The molecule has 7 heteroatoms. The standard InChI is InChI=1S/C12H16F3N3O/c1-7(8-2-3-8)18(6-12(13,14)15)11(19)10-4-9(16)5-17-10/h4-5,7-8,17H,2-3,6,16H2,1H3. The maximum Gasteiger partial charge on any atom is 0.406 e. The average molecular weight is 275 g/mol. The second-order valence-electron chi connectivity index (χ2n) is 4.97. The first-order valence-electron chi connectivity index (χ1n) is 6.09. The van der Waals surface area contributed by atoms with E-state index in [9.17, 15) is 18.0 Å². The van der Waals surface area contributed by atoms with Gasteiger partial charge in [-0.1, -0.05) is 0 Å². The smallest absolute Gasteiger partial charge is 0.397 e. The van der Waals surface area contributed by atoms with Crippen molar-refractivity contribution in [1.82, 2.24) is 9.88 Å². The molecule has 1 aliphatic rings. The third-order valence-corrected chi connectivity index (χ3v) is 3.34. The number of nitrogens with one attached hydrogen (secondary N) is 1. The first-order chi connectivity index (χ1) is 8.78. The number of aromatic amines is 1. The molecule has 0 aliphatic heterocycles. The van der Waals surface area contributed by atoms with E-state index in [-0.39, 0.29) is 11.6 Å². The summed E-state index contributed by atoms with van der Waals surface area (Å²) >= 11 is 0. The number of nitrogen functional groups attached to an aromatic ring is 1. The van der Waals surface area contributed by atoms with E-state index < -0.39 is 24.7 Å². The van der Waals surface area contributed by atoms with Gasteiger partial charge in [0, 0.05) is 17.9 Å². The molecule has 0 radical (unpaired) electrons. The summed E-state index contributed by atoms with van der Waals surface area (Å²) in [6, 6.07) is 0.935. The maximum atomic E-state index is 12.6. The number of rotatable bonds is 4. The molecule has 1 aliphatic carbocycles. The molecule has 1 aromatic heterocycles. The number of halogens is 3. The van der Waals surface area contributed by atoms with Crippen LogP contribution in [-0.2, 0) is 0 Å². The Morgan fingerprint density at radius 3 is 2.63 bits per heavy atom. The van der Waals surface area contributed by atoms with Crippen LogP contribution >= 0.6 is 0 Å². The van der Waals surface area contributed by atoms with Crippen molar-refractivity contribution in [3.05, 3.63) is 18.0 Å². The molecular formula is C12H16F3N3O. The van der Waals surface area contributed by atoms with Crippen molar-refractivity contribution in [3.8, 4) is 0 Å². The number of nitrogens with two attached hydrogens (primary N) is 1. The molecule has 0 spiro atoms. The highest BCUT2D eigenvalue weighted by Gasteiger charge is 2.40. The molecule has 106 valence electrons. The summed E-state index contributed by atoms with van der Waals surface area (Å²) in [5.41, 5.74) is 5.89. The average Bonchev–Trinajstić information content (AvgIpc) is 3.06. The highest BCUT2D eigenvalue weighted by Crippen LogP contribution is 2.36. The number of amides is 1. The van der Waals surface area contributed by atoms with Crippen LogP contribution in [0.4, 0.5) is 18.9 Å². The highest BCUT2D eigenvalue weighted by molar-refractivity contribution is 5.93. The summed E-state index contributed by atoms with van der Waals surface area (Å²) in [4.78, 5) is 15.6. The molecule has 3 N–H and O–H groups in total. The van der Waals surface area contributed by atoms with E-state index in [1.54, 1.807) is 6.92 Å². The van der Waals surface area contributed by atoms with Gasteiger partial charge in [-0.05, 0) is 31.7 Å². The topological polar surface area (TPSA) is 62.1 Å². The fourth-order valence-electron chi connectivity index (χ4n) is 2.12. The lowest BCUT2D eigenvalue weighted by atomic mass is 10.1. The number of anilines is 1. The van der Waals surface area contributed by atoms with Gasteiger partial charge < -0.3 is 15.6 Å². The molecule has 19 heavy (non-hydrogen) atoms.